The van der Waals surface area contributed by atoms with Crippen molar-refractivity contribution in [1.82, 2.24) is 9.97 Å². The Morgan fingerprint density at radius 1 is 1.22 bits per heavy atom. The highest BCUT2D eigenvalue weighted by molar-refractivity contribution is 7.91. The molecule has 2 aromatic carbocycles. The van der Waals surface area contributed by atoms with Gasteiger partial charge in [-0.25, -0.2) is 31.6 Å². The van der Waals surface area contributed by atoms with Crippen LogP contribution in [0.4, 0.5) is 19.0 Å². The van der Waals surface area contributed by atoms with E-state index in [1.165, 1.54) is 25.6 Å². The molecule has 0 radical (unpaired) electrons. The summed E-state index contributed by atoms with van der Waals surface area (Å²) in [4.78, 5) is 8.47. The normalized spacial score (nSPS) is 15.6. The van der Waals surface area contributed by atoms with Crippen LogP contribution in [-0.4, -0.2) is 37.0 Å². The van der Waals surface area contributed by atoms with Crippen molar-refractivity contribution in [3.63, 3.8) is 0 Å². The molecule has 0 amide bonds. The summed E-state index contributed by atoms with van der Waals surface area (Å²) in [6.07, 6.45) is 0.455. The highest BCUT2D eigenvalue weighted by atomic mass is 32.2. The minimum absolute atomic E-state index is 0.0420. The number of benzene rings is 2. The van der Waals surface area contributed by atoms with Crippen LogP contribution < -0.4 is 10.1 Å². The molecule has 0 fully saturated rings. The van der Waals surface area contributed by atoms with Crippen LogP contribution in [0.25, 0.3) is 16.5 Å². The second kappa shape index (κ2) is 8.78. The number of anilines is 1. The Bertz CT molecular complexity index is 1310. The molecular weight excluding hydrogens is 443 g/mol. The number of alkyl halides is 2. The second-order valence-electron chi connectivity index (χ2n) is 7.36. The lowest BCUT2D eigenvalue weighted by atomic mass is 9.99. The zero-order valence-corrected chi connectivity index (χ0v) is 17.9. The minimum atomic E-state index is -3.09. The van der Waals surface area contributed by atoms with Crippen LogP contribution in [0.3, 0.4) is 0 Å². The molecule has 0 saturated heterocycles. The summed E-state index contributed by atoms with van der Waals surface area (Å²) >= 11 is 0. The van der Waals surface area contributed by atoms with Crippen molar-refractivity contribution in [2.24, 2.45) is 0 Å². The first-order chi connectivity index (χ1) is 15.3. The Morgan fingerprint density at radius 2 is 2.03 bits per heavy atom. The number of ether oxygens (including phenoxy) is 1. The topological polar surface area (TPSA) is 81.2 Å². The molecule has 6 nitrogen and oxygen atoms in total. The molecule has 1 N–H and O–H groups in total. The molecule has 10 heteroatoms. The van der Waals surface area contributed by atoms with Gasteiger partial charge in [-0.15, -0.1) is 0 Å². The highest BCUT2D eigenvalue weighted by Gasteiger charge is 2.21. The van der Waals surface area contributed by atoms with E-state index in [0.29, 0.717) is 28.9 Å². The number of halogens is 3. The van der Waals surface area contributed by atoms with Crippen LogP contribution in [0.1, 0.15) is 29.5 Å². The van der Waals surface area contributed by atoms with Crippen molar-refractivity contribution in [1.29, 1.82) is 0 Å². The van der Waals surface area contributed by atoms with Gasteiger partial charge in [-0.05, 0) is 18.1 Å². The Balaban J connectivity index is 1.71. The fourth-order valence-electron chi connectivity index (χ4n) is 3.65. The summed E-state index contributed by atoms with van der Waals surface area (Å²) in [7, 11) is -1.57. The number of hydrogen-bond donors (Lipinski definition) is 1. The molecule has 1 aliphatic rings. The van der Waals surface area contributed by atoms with Crippen molar-refractivity contribution in [2.45, 2.75) is 19.4 Å². The summed E-state index contributed by atoms with van der Waals surface area (Å²) in [5.74, 6) is -0.00648. The number of methoxy groups -OCH3 is 1. The fraction of sp³-hybridized carbons (Fsp3) is 0.273. The van der Waals surface area contributed by atoms with Crippen molar-refractivity contribution in [3.05, 3.63) is 65.2 Å². The molecule has 1 aliphatic heterocycles. The third-order valence-corrected chi connectivity index (χ3v) is 6.86. The second-order valence-corrected chi connectivity index (χ2v) is 9.59. The maximum atomic E-state index is 14.4. The number of nitrogens with one attached hydrogen (secondary N) is 1. The zero-order valence-electron chi connectivity index (χ0n) is 17.1. The summed E-state index contributed by atoms with van der Waals surface area (Å²) in [5, 5.41) is 3.61. The lowest BCUT2D eigenvalue weighted by molar-refractivity contribution is 0.146. The van der Waals surface area contributed by atoms with Gasteiger partial charge < -0.3 is 10.1 Å². The maximum absolute atomic E-state index is 14.4. The maximum Gasteiger partial charge on any atom is 0.266 e. The number of rotatable bonds is 6. The van der Waals surface area contributed by atoms with Gasteiger partial charge in [-0.2, -0.15) is 0 Å². The molecule has 2 heterocycles. The number of sulfone groups is 1. The first-order valence-corrected chi connectivity index (χ1v) is 11.6. The molecule has 0 unspecified atom stereocenters. The first-order valence-electron chi connectivity index (χ1n) is 9.81. The Kier molecular flexibility index (Phi) is 6.05. The van der Waals surface area contributed by atoms with Gasteiger partial charge in [0.05, 0.1) is 29.7 Å². The summed E-state index contributed by atoms with van der Waals surface area (Å²) in [6.45, 7) is -0.0548. The van der Waals surface area contributed by atoms with Gasteiger partial charge in [0.1, 0.15) is 23.7 Å². The molecule has 0 atom stereocenters. The van der Waals surface area contributed by atoms with Gasteiger partial charge in [-0.3, -0.25) is 0 Å². The third-order valence-electron chi connectivity index (χ3n) is 5.36. The van der Waals surface area contributed by atoms with E-state index in [4.69, 9.17) is 4.74 Å². The van der Waals surface area contributed by atoms with Crippen LogP contribution in [0, 0.1) is 5.82 Å². The SMILES string of the molecule is COc1cc2ncnc(NCc3cccc(C(F)F)c3F)c2cc1C1=CCS(=O)(=O)CC1. The van der Waals surface area contributed by atoms with E-state index in [2.05, 4.69) is 15.3 Å². The number of allylic oxidation sites excluding steroid dienone is 1. The molecule has 32 heavy (non-hydrogen) atoms. The van der Waals surface area contributed by atoms with E-state index in [9.17, 15) is 21.6 Å². The van der Waals surface area contributed by atoms with E-state index >= 15 is 0 Å². The van der Waals surface area contributed by atoms with Gasteiger partial charge >= 0.3 is 0 Å². The number of fused-ring (bicyclic) bond motifs is 1. The first kappa shape index (κ1) is 22.1. The van der Waals surface area contributed by atoms with Gasteiger partial charge in [0, 0.05) is 29.1 Å². The van der Waals surface area contributed by atoms with Crippen LogP contribution >= 0.6 is 0 Å². The third kappa shape index (κ3) is 4.40. The predicted octanol–water partition coefficient (Wildman–Crippen LogP) is 4.53. The van der Waals surface area contributed by atoms with Crippen molar-refractivity contribution < 1.29 is 26.3 Å². The number of nitrogens with zero attached hydrogens (tertiary/aromatic N) is 2. The quantitative estimate of drug-likeness (QED) is 0.579. The van der Waals surface area contributed by atoms with Crippen molar-refractivity contribution in [2.75, 3.05) is 23.9 Å². The van der Waals surface area contributed by atoms with E-state index in [1.807, 2.05) is 0 Å². The lowest BCUT2D eigenvalue weighted by Gasteiger charge is -2.18. The Labute approximate surface area is 183 Å². The van der Waals surface area contributed by atoms with Crippen LogP contribution in [0.5, 0.6) is 5.75 Å². The van der Waals surface area contributed by atoms with Crippen molar-refractivity contribution in [3.8, 4) is 5.75 Å². The summed E-state index contributed by atoms with van der Waals surface area (Å²) in [6, 6.07) is 7.39. The molecule has 4 rings (SSSR count). The van der Waals surface area contributed by atoms with E-state index in [-0.39, 0.29) is 23.6 Å². The van der Waals surface area contributed by atoms with E-state index in [1.54, 1.807) is 18.2 Å². The molecule has 1 aromatic heterocycles. The fourth-order valence-corrected chi connectivity index (χ4v) is 4.80. The van der Waals surface area contributed by atoms with Gasteiger partial charge in [0.25, 0.3) is 6.43 Å². The molecule has 0 saturated carbocycles. The lowest BCUT2D eigenvalue weighted by Crippen LogP contribution is -2.15. The van der Waals surface area contributed by atoms with Gasteiger partial charge in [-0.1, -0.05) is 24.3 Å². The van der Waals surface area contributed by atoms with Gasteiger partial charge in [0.2, 0.25) is 0 Å². The molecule has 0 aliphatic carbocycles. The average Bonchev–Trinajstić information content (AvgIpc) is 2.77. The average molecular weight is 463 g/mol. The van der Waals surface area contributed by atoms with E-state index in [0.717, 1.165) is 17.2 Å². The molecular formula is C22H20F3N3O3S. The highest BCUT2D eigenvalue weighted by Crippen LogP contribution is 2.35. The number of hydrogen-bond acceptors (Lipinski definition) is 6. The van der Waals surface area contributed by atoms with Gasteiger partial charge in [0.15, 0.2) is 9.84 Å². The smallest absolute Gasteiger partial charge is 0.266 e. The Morgan fingerprint density at radius 3 is 2.72 bits per heavy atom. The zero-order chi connectivity index (χ0) is 22.9. The van der Waals surface area contributed by atoms with E-state index < -0.39 is 27.6 Å². The monoisotopic (exact) mass is 463 g/mol. The molecule has 168 valence electrons. The van der Waals surface area contributed by atoms with Crippen molar-refractivity contribution >= 4 is 32.1 Å². The predicted molar refractivity (Wildman–Crippen MR) is 116 cm³/mol. The van der Waals surface area contributed by atoms with Crippen LogP contribution in [-0.2, 0) is 16.4 Å². The number of aromatic nitrogens is 2. The molecule has 0 spiro atoms. The molecule has 3 aromatic rings. The molecule has 0 bridgehead atoms. The van der Waals surface area contributed by atoms with Crippen LogP contribution in [0.15, 0.2) is 42.7 Å². The van der Waals surface area contributed by atoms with Crippen LogP contribution in [0.2, 0.25) is 0 Å². The largest absolute Gasteiger partial charge is 0.496 e. The minimum Gasteiger partial charge on any atom is -0.496 e. The summed E-state index contributed by atoms with van der Waals surface area (Å²) < 4.78 is 69.4. The summed E-state index contributed by atoms with van der Waals surface area (Å²) in [5.41, 5.74) is 1.56. The Hall–Kier alpha value is -3.14. The standard InChI is InChI=1S/C22H20F3N3O3S/c1-31-19-10-18-17(9-16(19)13-5-7-32(29,30)8-6-13)22(28-12-27-18)26-11-14-3-2-4-15(20(14)23)21(24)25/h2-5,9-10,12,21H,6-8,11H2,1H3,(H,26,27,28).